The van der Waals surface area contributed by atoms with Gasteiger partial charge >= 0.3 is 5.97 Å². The zero-order valence-corrected chi connectivity index (χ0v) is 10.5. The van der Waals surface area contributed by atoms with Crippen LogP contribution in [0, 0.1) is 0 Å². The molecule has 0 radical (unpaired) electrons. The first-order valence-corrected chi connectivity index (χ1v) is 5.91. The SMILES string of the molecule is C[C@H](CC(=O)O)NC(=O)[C@H](C)N1CC[C@H](N)C1=O. The number of nitrogens with one attached hydrogen (secondary N) is 1. The molecule has 1 heterocycles. The quantitative estimate of drug-likeness (QED) is 0.579. The van der Waals surface area contributed by atoms with Crippen LogP contribution in [0.5, 0.6) is 0 Å². The summed E-state index contributed by atoms with van der Waals surface area (Å²) in [5, 5.41) is 11.2. The van der Waals surface area contributed by atoms with E-state index in [1.165, 1.54) is 4.90 Å². The van der Waals surface area contributed by atoms with Crippen LogP contribution in [-0.4, -0.2) is 52.5 Å². The van der Waals surface area contributed by atoms with E-state index in [1.807, 2.05) is 0 Å². The van der Waals surface area contributed by atoms with Gasteiger partial charge in [-0.25, -0.2) is 0 Å². The highest BCUT2D eigenvalue weighted by Gasteiger charge is 2.34. The van der Waals surface area contributed by atoms with E-state index in [2.05, 4.69) is 5.32 Å². The number of likely N-dealkylation sites (tertiary alicyclic amines) is 1. The zero-order valence-electron chi connectivity index (χ0n) is 10.5. The molecular formula is C11H19N3O4. The van der Waals surface area contributed by atoms with Crippen molar-refractivity contribution >= 4 is 17.8 Å². The summed E-state index contributed by atoms with van der Waals surface area (Å²) in [5.41, 5.74) is 5.57. The average Bonchev–Trinajstić information content (AvgIpc) is 2.57. The van der Waals surface area contributed by atoms with Crippen LogP contribution in [0.15, 0.2) is 0 Å². The van der Waals surface area contributed by atoms with E-state index in [0.717, 1.165) is 0 Å². The molecule has 3 atom stereocenters. The molecule has 0 unspecified atom stereocenters. The molecule has 0 bridgehead atoms. The van der Waals surface area contributed by atoms with Gasteiger partial charge in [0, 0.05) is 12.6 Å². The Kier molecular flexibility index (Phi) is 4.66. The number of carboxylic acids is 1. The summed E-state index contributed by atoms with van der Waals surface area (Å²) < 4.78 is 0. The first kappa shape index (κ1) is 14.4. The maximum absolute atomic E-state index is 11.8. The van der Waals surface area contributed by atoms with Gasteiger partial charge in [-0.05, 0) is 20.3 Å². The number of hydrogen-bond donors (Lipinski definition) is 3. The standard InChI is InChI=1S/C11H19N3O4/c1-6(5-9(15)16)13-10(17)7(2)14-4-3-8(12)11(14)18/h6-8H,3-5,12H2,1-2H3,(H,13,17)(H,15,16)/t6-,7+,8+/m1/s1. The third kappa shape index (κ3) is 3.43. The summed E-state index contributed by atoms with van der Waals surface area (Å²) in [4.78, 5) is 35.4. The molecule has 1 saturated heterocycles. The van der Waals surface area contributed by atoms with Gasteiger partial charge < -0.3 is 21.1 Å². The average molecular weight is 257 g/mol. The molecule has 102 valence electrons. The first-order chi connectivity index (χ1) is 8.32. The van der Waals surface area contributed by atoms with Crippen molar-refractivity contribution in [1.82, 2.24) is 10.2 Å². The topological polar surface area (TPSA) is 113 Å². The van der Waals surface area contributed by atoms with Gasteiger partial charge in [-0.3, -0.25) is 14.4 Å². The van der Waals surface area contributed by atoms with Crippen molar-refractivity contribution in [2.45, 2.75) is 44.8 Å². The minimum atomic E-state index is -0.977. The third-order valence-electron chi connectivity index (χ3n) is 3.00. The van der Waals surface area contributed by atoms with E-state index in [4.69, 9.17) is 10.8 Å². The molecule has 1 fully saturated rings. The second-order valence-electron chi connectivity index (χ2n) is 4.61. The predicted molar refractivity (Wildman–Crippen MR) is 63.6 cm³/mol. The van der Waals surface area contributed by atoms with E-state index >= 15 is 0 Å². The number of nitrogens with two attached hydrogens (primary N) is 1. The fourth-order valence-corrected chi connectivity index (χ4v) is 1.93. The maximum atomic E-state index is 11.8. The second-order valence-corrected chi connectivity index (χ2v) is 4.61. The van der Waals surface area contributed by atoms with Crippen LogP contribution in [-0.2, 0) is 14.4 Å². The van der Waals surface area contributed by atoms with Crippen LogP contribution in [0.2, 0.25) is 0 Å². The molecule has 7 heteroatoms. The van der Waals surface area contributed by atoms with E-state index < -0.39 is 24.1 Å². The van der Waals surface area contributed by atoms with Crippen LogP contribution in [0.25, 0.3) is 0 Å². The summed E-state index contributed by atoms with van der Waals surface area (Å²) in [6.45, 7) is 3.68. The number of aliphatic carboxylic acids is 1. The van der Waals surface area contributed by atoms with Crippen molar-refractivity contribution in [3.05, 3.63) is 0 Å². The smallest absolute Gasteiger partial charge is 0.305 e. The number of hydrogen-bond acceptors (Lipinski definition) is 4. The molecule has 2 amide bonds. The van der Waals surface area contributed by atoms with Crippen molar-refractivity contribution in [2.75, 3.05) is 6.54 Å². The lowest BCUT2D eigenvalue weighted by atomic mass is 10.2. The molecular weight excluding hydrogens is 238 g/mol. The Labute approximate surface area is 105 Å². The minimum absolute atomic E-state index is 0.147. The fraction of sp³-hybridized carbons (Fsp3) is 0.727. The van der Waals surface area contributed by atoms with Gasteiger partial charge in [0.15, 0.2) is 0 Å². The molecule has 1 aliphatic heterocycles. The highest BCUT2D eigenvalue weighted by atomic mass is 16.4. The number of amides is 2. The summed E-state index contributed by atoms with van der Waals surface area (Å²) in [5.74, 6) is -1.57. The Balaban J connectivity index is 2.51. The van der Waals surface area contributed by atoms with E-state index in [0.29, 0.717) is 13.0 Å². The normalized spacial score (nSPS) is 22.7. The van der Waals surface area contributed by atoms with Gasteiger partial charge in [-0.1, -0.05) is 0 Å². The number of rotatable bonds is 5. The molecule has 0 saturated carbocycles. The van der Waals surface area contributed by atoms with Gasteiger partial charge in [0.25, 0.3) is 0 Å². The number of nitrogens with zero attached hydrogens (tertiary/aromatic N) is 1. The largest absolute Gasteiger partial charge is 0.481 e. The van der Waals surface area contributed by atoms with Crippen molar-refractivity contribution in [1.29, 1.82) is 0 Å². The third-order valence-corrected chi connectivity index (χ3v) is 3.00. The lowest BCUT2D eigenvalue weighted by molar-refractivity contribution is -0.139. The van der Waals surface area contributed by atoms with Crippen molar-refractivity contribution in [3.63, 3.8) is 0 Å². The van der Waals surface area contributed by atoms with E-state index in [-0.39, 0.29) is 18.2 Å². The van der Waals surface area contributed by atoms with Crippen LogP contribution >= 0.6 is 0 Å². The molecule has 0 aliphatic carbocycles. The van der Waals surface area contributed by atoms with Gasteiger partial charge in [0.05, 0.1) is 12.5 Å². The molecule has 0 spiro atoms. The lowest BCUT2D eigenvalue weighted by Crippen LogP contribution is -2.49. The highest BCUT2D eigenvalue weighted by Crippen LogP contribution is 2.13. The number of carbonyl (C=O) groups excluding carboxylic acids is 2. The Hall–Kier alpha value is -1.63. The molecule has 18 heavy (non-hydrogen) atoms. The monoisotopic (exact) mass is 257 g/mol. The zero-order chi connectivity index (χ0) is 13.9. The van der Waals surface area contributed by atoms with Crippen LogP contribution in [0.4, 0.5) is 0 Å². The van der Waals surface area contributed by atoms with Gasteiger partial charge in [-0.15, -0.1) is 0 Å². The van der Waals surface area contributed by atoms with E-state index in [1.54, 1.807) is 13.8 Å². The molecule has 1 rings (SSSR count). The van der Waals surface area contributed by atoms with Crippen molar-refractivity contribution < 1.29 is 19.5 Å². The maximum Gasteiger partial charge on any atom is 0.305 e. The Morgan fingerprint density at radius 3 is 2.61 bits per heavy atom. The fourth-order valence-electron chi connectivity index (χ4n) is 1.93. The summed E-state index contributed by atoms with van der Waals surface area (Å²) >= 11 is 0. The van der Waals surface area contributed by atoms with Crippen LogP contribution in [0.1, 0.15) is 26.7 Å². The summed E-state index contributed by atoms with van der Waals surface area (Å²) in [7, 11) is 0. The van der Waals surface area contributed by atoms with Crippen LogP contribution < -0.4 is 11.1 Å². The summed E-state index contributed by atoms with van der Waals surface area (Å²) in [6.07, 6.45) is 0.396. The molecule has 4 N–H and O–H groups in total. The molecule has 0 aromatic carbocycles. The molecule has 0 aromatic rings. The van der Waals surface area contributed by atoms with Gasteiger partial charge in [0.2, 0.25) is 11.8 Å². The Bertz CT molecular complexity index is 358. The van der Waals surface area contributed by atoms with Gasteiger partial charge in [0.1, 0.15) is 6.04 Å². The molecule has 0 aromatic heterocycles. The molecule has 7 nitrogen and oxygen atoms in total. The summed E-state index contributed by atoms with van der Waals surface area (Å²) in [6, 6.07) is -1.62. The van der Waals surface area contributed by atoms with Crippen molar-refractivity contribution in [3.8, 4) is 0 Å². The number of carbonyl (C=O) groups is 3. The minimum Gasteiger partial charge on any atom is -0.481 e. The Morgan fingerprint density at radius 2 is 2.17 bits per heavy atom. The Morgan fingerprint density at radius 1 is 1.56 bits per heavy atom. The first-order valence-electron chi connectivity index (χ1n) is 5.91. The number of carboxylic acid groups (broad SMARTS) is 1. The van der Waals surface area contributed by atoms with Crippen LogP contribution in [0.3, 0.4) is 0 Å². The van der Waals surface area contributed by atoms with Crippen molar-refractivity contribution in [2.24, 2.45) is 5.73 Å². The molecule has 1 aliphatic rings. The van der Waals surface area contributed by atoms with Gasteiger partial charge in [-0.2, -0.15) is 0 Å². The lowest BCUT2D eigenvalue weighted by Gasteiger charge is -2.25. The highest BCUT2D eigenvalue weighted by molar-refractivity contribution is 5.91. The second kappa shape index (κ2) is 5.81. The predicted octanol–water partition coefficient (Wildman–Crippen LogP) is -1.09. The van der Waals surface area contributed by atoms with E-state index in [9.17, 15) is 14.4 Å².